The van der Waals surface area contributed by atoms with Crippen LogP contribution in [0.2, 0.25) is 0 Å². The first kappa shape index (κ1) is 18.5. The molecule has 0 heterocycles. The van der Waals surface area contributed by atoms with Gasteiger partial charge < -0.3 is 22.4 Å². The van der Waals surface area contributed by atoms with Crippen molar-refractivity contribution < 1.29 is 73.8 Å². The van der Waals surface area contributed by atoms with Gasteiger partial charge in [-0.15, -0.1) is 5.46 Å². The Morgan fingerprint density at radius 3 is 2.33 bits per heavy atom. The van der Waals surface area contributed by atoms with Crippen LogP contribution in [0.3, 0.4) is 0 Å². The average molecular weight is 286 g/mol. The van der Waals surface area contributed by atoms with Crippen LogP contribution in [-0.4, -0.2) is 26.8 Å². The van der Waals surface area contributed by atoms with Crippen LogP contribution in [-0.2, 0) is 4.74 Å². The van der Waals surface area contributed by atoms with Crippen LogP contribution in [0.5, 0.6) is 5.75 Å². The Morgan fingerprint density at radius 2 is 1.83 bits per heavy atom. The zero-order valence-electron chi connectivity index (χ0n) is 10.9. The third-order valence-corrected chi connectivity index (χ3v) is 2.29. The monoisotopic (exact) mass is 286 g/mol. The van der Waals surface area contributed by atoms with E-state index in [2.05, 4.69) is 0 Å². The van der Waals surface area contributed by atoms with E-state index in [0.717, 1.165) is 6.07 Å². The molecule has 0 atom stereocenters. The summed E-state index contributed by atoms with van der Waals surface area (Å²) < 4.78 is 47.9. The van der Waals surface area contributed by atoms with Gasteiger partial charge in [-0.2, -0.15) is 0 Å². The van der Waals surface area contributed by atoms with E-state index in [1.807, 2.05) is 6.92 Å². The second kappa shape index (κ2) is 8.60. The van der Waals surface area contributed by atoms with Gasteiger partial charge in [-0.05, 0) is 26.0 Å². The van der Waals surface area contributed by atoms with E-state index in [0.29, 0.717) is 25.6 Å². The zero-order chi connectivity index (χ0) is 12.9. The molecule has 0 fully saturated rings. The molecular weight excluding hydrogens is 271 g/mol. The van der Waals surface area contributed by atoms with Crippen LogP contribution < -0.4 is 61.6 Å². The summed E-state index contributed by atoms with van der Waals surface area (Å²) in [4.78, 5) is 0. The fraction of sp³-hybridized carbons (Fsp3) is 0.455. The van der Waals surface area contributed by atoms with Crippen molar-refractivity contribution in [3.63, 3.8) is 0 Å². The molecule has 0 saturated carbocycles. The Hall–Kier alpha value is 0.471. The Kier molecular flexibility index (Phi) is 8.83. The summed E-state index contributed by atoms with van der Waals surface area (Å²) in [5.74, 6) is 0.436. The van der Waals surface area contributed by atoms with Gasteiger partial charge in [0.1, 0.15) is 12.4 Å². The molecule has 0 amide bonds. The number of hydrogen-bond acceptors (Lipinski definition) is 2. The maximum atomic E-state index is 12.5. The van der Waals surface area contributed by atoms with Crippen LogP contribution in [0.4, 0.5) is 12.9 Å². The summed E-state index contributed by atoms with van der Waals surface area (Å²) in [5, 5.41) is 0. The van der Waals surface area contributed by atoms with E-state index in [9.17, 15) is 12.9 Å². The molecule has 0 spiro atoms. The molecule has 0 aromatic heterocycles. The second-order valence-electron chi connectivity index (χ2n) is 3.64. The normalized spacial score (nSPS) is 10.9. The molecule has 2 nitrogen and oxygen atoms in total. The molecule has 0 radical (unpaired) electrons. The van der Waals surface area contributed by atoms with Crippen molar-refractivity contribution in [2.45, 2.75) is 13.8 Å². The third kappa shape index (κ3) is 6.08. The Bertz CT molecular complexity index is 372. The SMILES string of the molecule is CCOCCOc1ccc([B-](F)(F)F)c(C)c1.[K+]. The molecule has 18 heavy (non-hydrogen) atoms. The predicted octanol–water partition coefficient (Wildman–Crippen LogP) is -0.531. The molecule has 7 heteroatoms. The third-order valence-electron chi connectivity index (χ3n) is 2.29. The summed E-state index contributed by atoms with van der Waals surface area (Å²) in [7, 11) is 0. The first-order valence-electron chi connectivity index (χ1n) is 5.46. The largest absolute Gasteiger partial charge is 1.00 e. The van der Waals surface area contributed by atoms with Gasteiger partial charge in [0, 0.05) is 6.61 Å². The fourth-order valence-electron chi connectivity index (χ4n) is 1.47. The molecular formula is C11H15BF3KO2. The number of rotatable bonds is 6. The van der Waals surface area contributed by atoms with E-state index in [4.69, 9.17) is 9.47 Å². The molecule has 0 aliphatic carbocycles. The van der Waals surface area contributed by atoms with Crippen LogP contribution in [0.15, 0.2) is 18.2 Å². The predicted molar refractivity (Wildman–Crippen MR) is 61.9 cm³/mol. The van der Waals surface area contributed by atoms with Crippen LogP contribution in [0, 0.1) is 6.92 Å². The number of aryl methyl sites for hydroxylation is 1. The number of halogens is 3. The van der Waals surface area contributed by atoms with Crippen molar-refractivity contribution in [3.8, 4) is 5.75 Å². The maximum Gasteiger partial charge on any atom is 1.00 e. The quantitative estimate of drug-likeness (QED) is 0.517. The minimum Gasteiger partial charge on any atom is -0.491 e. The standard InChI is InChI=1S/C11H15BF3O2.K/c1-3-16-6-7-17-10-4-5-11(9(2)8-10)12(13,14)15;/h4-5,8H,3,6-7H2,1-2H3;/q-1;+1. The van der Waals surface area contributed by atoms with Crippen molar-refractivity contribution in [1.29, 1.82) is 0 Å². The van der Waals surface area contributed by atoms with Crippen LogP contribution >= 0.6 is 0 Å². The molecule has 0 bridgehead atoms. The Morgan fingerprint density at radius 1 is 1.17 bits per heavy atom. The second-order valence-corrected chi connectivity index (χ2v) is 3.64. The summed E-state index contributed by atoms with van der Waals surface area (Å²) in [6.07, 6.45) is 0. The van der Waals surface area contributed by atoms with Crippen molar-refractivity contribution in [1.82, 2.24) is 0 Å². The molecule has 1 aromatic rings. The Balaban J connectivity index is 0.00000289. The van der Waals surface area contributed by atoms with E-state index in [1.54, 1.807) is 0 Å². The smallest absolute Gasteiger partial charge is 0.491 e. The van der Waals surface area contributed by atoms with Crippen molar-refractivity contribution in [2.75, 3.05) is 19.8 Å². The van der Waals surface area contributed by atoms with Gasteiger partial charge in [-0.25, -0.2) is 0 Å². The summed E-state index contributed by atoms with van der Waals surface area (Å²) in [5.41, 5.74) is -0.381. The zero-order valence-corrected chi connectivity index (χ0v) is 14.0. The first-order valence-corrected chi connectivity index (χ1v) is 5.46. The summed E-state index contributed by atoms with van der Waals surface area (Å²) in [6, 6.07) is 3.80. The van der Waals surface area contributed by atoms with Gasteiger partial charge in [0.15, 0.2) is 0 Å². The van der Waals surface area contributed by atoms with E-state index >= 15 is 0 Å². The van der Waals surface area contributed by atoms with Gasteiger partial charge in [-0.1, -0.05) is 11.6 Å². The van der Waals surface area contributed by atoms with Crippen LogP contribution in [0.25, 0.3) is 0 Å². The van der Waals surface area contributed by atoms with E-state index in [1.165, 1.54) is 19.1 Å². The molecule has 0 N–H and O–H groups in total. The molecule has 0 unspecified atom stereocenters. The van der Waals surface area contributed by atoms with Gasteiger partial charge in [0.2, 0.25) is 0 Å². The molecule has 96 valence electrons. The van der Waals surface area contributed by atoms with Gasteiger partial charge in [-0.3, -0.25) is 0 Å². The topological polar surface area (TPSA) is 18.5 Å². The van der Waals surface area contributed by atoms with Crippen LogP contribution in [0.1, 0.15) is 12.5 Å². The minimum absolute atomic E-state index is 0. The van der Waals surface area contributed by atoms with Gasteiger partial charge in [0.25, 0.3) is 0 Å². The van der Waals surface area contributed by atoms with Crippen molar-refractivity contribution in [3.05, 3.63) is 23.8 Å². The molecule has 1 rings (SSSR count). The maximum absolute atomic E-state index is 12.5. The first-order chi connectivity index (χ1) is 7.95. The molecule has 0 aliphatic heterocycles. The van der Waals surface area contributed by atoms with Gasteiger partial charge >= 0.3 is 58.4 Å². The average Bonchev–Trinajstić information content (AvgIpc) is 2.23. The van der Waals surface area contributed by atoms with Crippen molar-refractivity contribution in [2.24, 2.45) is 0 Å². The minimum atomic E-state index is -4.95. The number of hydrogen-bond donors (Lipinski definition) is 0. The molecule has 0 saturated heterocycles. The Labute approximate surface area is 148 Å². The summed E-state index contributed by atoms with van der Waals surface area (Å²) in [6.45, 7) is -0.288. The summed E-state index contributed by atoms with van der Waals surface area (Å²) >= 11 is 0. The molecule has 0 aliphatic rings. The number of benzene rings is 1. The van der Waals surface area contributed by atoms with E-state index in [-0.39, 0.29) is 56.9 Å². The fourth-order valence-corrected chi connectivity index (χ4v) is 1.47. The van der Waals surface area contributed by atoms with E-state index < -0.39 is 12.4 Å². The van der Waals surface area contributed by atoms with Crippen molar-refractivity contribution >= 4 is 12.4 Å². The number of ether oxygens (including phenoxy) is 2. The molecule has 1 aromatic carbocycles. The van der Waals surface area contributed by atoms with Gasteiger partial charge in [0.05, 0.1) is 6.61 Å².